The maximum atomic E-state index is 11.7. The lowest BCUT2D eigenvalue weighted by molar-refractivity contribution is -0.156. The van der Waals surface area contributed by atoms with Gasteiger partial charge in [0.2, 0.25) is 5.91 Å². The molecule has 0 fully saturated rings. The molecule has 1 unspecified atom stereocenters. The average Bonchev–Trinajstić information content (AvgIpc) is 2.30. The summed E-state index contributed by atoms with van der Waals surface area (Å²) in [6, 6.07) is 5.56. The van der Waals surface area contributed by atoms with Crippen LogP contribution in [-0.2, 0) is 16.0 Å². The highest BCUT2D eigenvalue weighted by Gasteiger charge is 2.30. The van der Waals surface area contributed by atoms with Gasteiger partial charge in [-0.05, 0) is 37.1 Å². The van der Waals surface area contributed by atoms with Crippen LogP contribution in [0.1, 0.15) is 18.1 Å². The lowest BCUT2D eigenvalue weighted by atomic mass is 10.0. The fourth-order valence-electron chi connectivity index (χ4n) is 1.44. The molecule has 0 heterocycles. The fraction of sp³-hybridized carbons (Fsp3) is 0.385. The number of rotatable bonds is 5. The number of carboxylic acid groups (broad SMARTS) is 1. The van der Waals surface area contributed by atoms with E-state index in [-0.39, 0.29) is 18.9 Å². The number of hydrogen-bond acceptors (Lipinski definition) is 3. The van der Waals surface area contributed by atoms with Gasteiger partial charge in [-0.1, -0.05) is 22.0 Å². The number of carbonyl (C=O) groups is 2. The normalized spacial score (nSPS) is 13.7. The van der Waals surface area contributed by atoms with E-state index in [1.54, 1.807) is 0 Å². The second-order valence-electron chi connectivity index (χ2n) is 4.60. The first-order chi connectivity index (χ1) is 8.72. The molecule has 104 valence electrons. The summed E-state index contributed by atoms with van der Waals surface area (Å²) in [7, 11) is 0. The van der Waals surface area contributed by atoms with E-state index in [0.717, 1.165) is 22.5 Å². The Bertz CT molecular complexity index is 499. The van der Waals surface area contributed by atoms with Crippen molar-refractivity contribution in [1.82, 2.24) is 5.32 Å². The van der Waals surface area contributed by atoms with Gasteiger partial charge in [0.1, 0.15) is 0 Å². The minimum Gasteiger partial charge on any atom is -0.479 e. The van der Waals surface area contributed by atoms with Crippen molar-refractivity contribution >= 4 is 27.8 Å². The van der Waals surface area contributed by atoms with Gasteiger partial charge in [0.05, 0.1) is 13.0 Å². The molecule has 1 atom stereocenters. The van der Waals surface area contributed by atoms with Gasteiger partial charge in [-0.25, -0.2) is 4.79 Å². The van der Waals surface area contributed by atoms with E-state index < -0.39 is 11.6 Å². The number of halogens is 1. The van der Waals surface area contributed by atoms with Crippen LogP contribution in [0.3, 0.4) is 0 Å². The smallest absolute Gasteiger partial charge is 0.337 e. The Hall–Kier alpha value is -1.40. The summed E-state index contributed by atoms with van der Waals surface area (Å²) in [4.78, 5) is 22.4. The van der Waals surface area contributed by atoms with Crippen molar-refractivity contribution in [1.29, 1.82) is 0 Å². The van der Waals surface area contributed by atoms with Gasteiger partial charge < -0.3 is 15.5 Å². The predicted molar refractivity (Wildman–Crippen MR) is 73.9 cm³/mol. The maximum absolute atomic E-state index is 11.7. The van der Waals surface area contributed by atoms with Crippen molar-refractivity contribution in [3.05, 3.63) is 33.8 Å². The molecule has 1 aromatic carbocycles. The SMILES string of the molecule is Cc1cc(Br)ccc1CC(=O)NCC(C)(O)C(=O)O. The van der Waals surface area contributed by atoms with Crippen LogP contribution in [0.5, 0.6) is 0 Å². The number of aliphatic hydroxyl groups is 1. The van der Waals surface area contributed by atoms with Gasteiger partial charge in [-0.2, -0.15) is 0 Å². The molecule has 0 aliphatic heterocycles. The van der Waals surface area contributed by atoms with Gasteiger partial charge in [0, 0.05) is 4.47 Å². The Morgan fingerprint density at radius 3 is 2.58 bits per heavy atom. The van der Waals surface area contributed by atoms with E-state index >= 15 is 0 Å². The standard InChI is InChI=1S/C13H16BrNO4/c1-8-5-10(14)4-3-9(8)6-11(16)15-7-13(2,19)12(17)18/h3-5,19H,6-7H2,1-2H3,(H,15,16)(H,17,18). The molecule has 1 aromatic rings. The van der Waals surface area contributed by atoms with Crippen molar-refractivity contribution in [3.63, 3.8) is 0 Å². The van der Waals surface area contributed by atoms with Crippen LogP contribution >= 0.6 is 15.9 Å². The van der Waals surface area contributed by atoms with Gasteiger partial charge in [0.25, 0.3) is 0 Å². The molecule has 5 nitrogen and oxygen atoms in total. The first kappa shape index (κ1) is 15.7. The third kappa shape index (κ3) is 4.65. The van der Waals surface area contributed by atoms with Gasteiger partial charge in [0.15, 0.2) is 5.60 Å². The zero-order chi connectivity index (χ0) is 14.6. The first-order valence-electron chi connectivity index (χ1n) is 5.70. The third-order valence-corrected chi connectivity index (χ3v) is 3.24. The molecule has 0 bridgehead atoms. The van der Waals surface area contributed by atoms with Crippen LogP contribution in [-0.4, -0.2) is 34.2 Å². The molecule has 3 N–H and O–H groups in total. The minimum atomic E-state index is -1.95. The lowest BCUT2D eigenvalue weighted by Crippen LogP contribution is -2.46. The Morgan fingerprint density at radius 2 is 2.05 bits per heavy atom. The lowest BCUT2D eigenvalue weighted by Gasteiger charge is -2.18. The van der Waals surface area contributed by atoms with Crippen molar-refractivity contribution in [2.75, 3.05) is 6.54 Å². The number of hydrogen-bond donors (Lipinski definition) is 3. The quantitative estimate of drug-likeness (QED) is 0.758. The molecule has 1 rings (SSSR count). The molecular formula is C13H16BrNO4. The highest BCUT2D eigenvalue weighted by atomic mass is 79.9. The summed E-state index contributed by atoms with van der Waals surface area (Å²) in [6.07, 6.45) is 0.148. The zero-order valence-corrected chi connectivity index (χ0v) is 12.3. The molecule has 6 heteroatoms. The Balaban J connectivity index is 2.59. The zero-order valence-electron chi connectivity index (χ0n) is 10.7. The number of nitrogens with one attached hydrogen (secondary N) is 1. The monoisotopic (exact) mass is 329 g/mol. The van der Waals surface area contributed by atoms with Crippen molar-refractivity contribution < 1.29 is 19.8 Å². The Labute approximate surface area is 119 Å². The number of benzene rings is 1. The van der Waals surface area contributed by atoms with E-state index in [1.807, 2.05) is 25.1 Å². The Kier molecular flexibility index (Phi) is 5.08. The van der Waals surface area contributed by atoms with Crippen molar-refractivity contribution in [2.24, 2.45) is 0 Å². The van der Waals surface area contributed by atoms with Crippen molar-refractivity contribution in [3.8, 4) is 0 Å². The Morgan fingerprint density at radius 1 is 1.42 bits per heavy atom. The minimum absolute atomic E-state index is 0.148. The van der Waals surface area contributed by atoms with E-state index in [1.165, 1.54) is 0 Å². The highest BCUT2D eigenvalue weighted by Crippen LogP contribution is 2.16. The summed E-state index contributed by atoms with van der Waals surface area (Å²) >= 11 is 3.34. The van der Waals surface area contributed by atoms with E-state index in [4.69, 9.17) is 5.11 Å². The summed E-state index contributed by atoms with van der Waals surface area (Å²) in [5.41, 5.74) is -0.130. The summed E-state index contributed by atoms with van der Waals surface area (Å²) in [6.45, 7) is 2.71. The van der Waals surface area contributed by atoms with Crippen LogP contribution in [0.2, 0.25) is 0 Å². The van der Waals surface area contributed by atoms with E-state index in [2.05, 4.69) is 21.2 Å². The topological polar surface area (TPSA) is 86.6 Å². The molecule has 0 saturated carbocycles. The molecule has 0 aromatic heterocycles. The molecule has 19 heavy (non-hydrogen) atoms. The number of aliphatic carboxylic acids is 1. The molecular weight excluding hydrogens is 314 g/mol. The van der Waals surface area contributed by atoms with Gasteiger partial charge in [-0.3, -0.25) is 4.79 Å². The molecule has 0 aliphatic carbocycles. The molecule has 0 aliphatic rings. The molecule has 0 radical (unpaired) electrons. The summed E-state index contributed by atoms with van der Waals surface area (Å²) < 4.78 is 0.933. The number of carboxylic acids is 1. The number of aryl methyl sites for hydroxylation is 1. The largest absolute Gasteiger partial charge is 0.479 e. The van der Waals surface area contributed by atoms with Crippen LogP contribution < -0.4 is 5.32 Å². The second kappa shape index (κ2) is 6.16. The predicted octanol–water partition coefficient (Wildman–Crippen LogP) is 1.25. The maximum Gasteiger partial charge on any atom is 0.337 e. The first-order valence-corrected chi connectivity index (χ1v) is 6.49. The average molecular weight is 330 g/mol. The molecule has 0 saturated heterocycles. The van der Waals surface area contributed by atoms with Crippen LogP contribution in [0.15, 0.2) is 22.7 Å². The highest BCUT2D eigenvalue weighted by molar-refractivity contribution is 9.10. The third-order valence-electron chi connectivity index (χ3n) is 2.75. The molecule has 0 spiro atoms. The second-order valence-corrected chi connectivity index (χ2v) is 5.52. The van der Waals surface area contributed by atoms with Gasteiger partial charge in [-0.15, -0.1) is 0 Å². The number of carbonyl (C=O) groups excluding carboxylic acids is 1. The van der Waals surface area contributed by atoms with E-state index in [9.17, 15) is 14.7 Å². The fourth-order valence-corrected chi connectivity index (χ4v) is 1.91. The number of amides is 1. The van der Waals surface area contributed by atoms with Crippen LogP contribution in [0.4, 0.5) is 0 Å². The van der Waals surface area contributed by atoms with Crippen LogP contribution in [0.25, 0.3) is 0 Å². The van der Waals surface area contributed by atoms with E-state index in [0.29, 0.717) is 0 Å². The summed E-state index contributed by atoms with van der Waals surface area (Å²) in [5.74, 6) is -1.69. The van der Waals surface area contributed by atoms with Crippen LogP contribution in [0, 0.1) is 6.92 Å². The summed E-state index contributed by atoms with van der Waals surface area (Å²) in [5, 5.41) is 20.6. The van der Waals surface area contributed by atoms with Gasteiger partial charge >= 0.3 is 5.97 Å². The van der Waals surface area contributed by atoms with Crippen molar-refractivity contribution in [2.45, 2.75) is 25.9 Å². The molecule has 1 amide bonds.